The van der Waals surface area contributed by atoms with Gasteiger partial charge in [0.15, 0.2) is 0 Å². The number of hydrogen-bond acceptors (Lipinski definition) is 5. The zero-order valence-electron chi connectivity index (χ0n) is 15.7. The van der Waals surface area contributed by atoms with E-state index >= 15 is 0 Å². The molecule has 26 heavy (non-hydrogen) atoms. The van der Waals surface area contributed by atoms with E-state index in [-0.39, 0.29) is 0 Å². The third kappa shape index (κ3) is 4.57. The van der Waals surface area contributed by atoms with E-state index in [0.29, 0.717) is 12.0 Å². The molecule has 134 valence electrons. The Kier molecular flexibility index (Phi) is 5.46. The molecule has 3 aromatic rings. The van der Waals surface area contributed by atoms with E-state index in [2.05, 4.69) is 71.5 Å². The number of benzene rings is 1. The minimum absolute atomic E-state index is 0.303. The molecule has 0 fully saturated rings. The summed E-state index contributed by atoms with van der Waals surface area (Å²) in [5, 5.41) is 6.79. The molecule has 0 aliphatic carbocycles. The Morgan fingerprint density at radius 1 is 0.962 bits per heavy atom. The van der Waals surface area contributed by atoms with E-state index in [1.54, 1.807) is 12.4 Å². The lowest BCUT2D eigenvalue weighted by Gasteiger charge is -2.15. The quantitative estimate of drug-likeness (QED) is 0.649. The van der Waals surface area contributed by atoms with Gasteiger partial charge in [-0.25, -0.2) is 4.98 Å². The molecule has 0 radical (unpaired) electrons. The Balaban J connectivity index is 1.98. The summed E-state index contributed by atoms with van der Waals surface area (Å²) >= 11 is 0. The molecule has 0 spiro atoms. The van der Waals surface area contributed by atoms with Gasteiger partial charge in [-0.1, -0.05) is 13.0 Å². The molecular formula is C21H25N5. The fraction of sp³-hybridized carbons (Fsp3) is 0.286. The van der Waals surface area contributed by atoms with Crippen molar-refractivity contribution in [3.8, 4) is 11.3 Å². The Bertz CT molecular complexity index is 857. The summed E-state index contributed by atoms with van der Waals surface area (Å²) in [6, 6.07) is 12.6. The van der Waals surface area contributed by atoms with Crippen LogP contribution in [-0.4, -0.2) is 21.0 Å². The number of anilines is 3. The van der Waals surface area contributed by atoms with E-state index in [4.69, 9.17) is 0 Å². The maximum absolute atomic E-state index is 4.68. The van der Waals surface area contributed by atoms with Crippen LogP contribution in [0.1, 0.15) is 31.4 Å². The maximum Gasteiger partial charge on any atom is 0.225 e. The molecule has 0 aliphatic rings. The van der Waals surface area contributed by atoms with Crippen molar-refractivity contribution in [1.29, 1.82) is 0 Å². The van der Waals surface area contributed by atoms with Crippen LogP contribution in [0.4, 0.5) is 17.5 Å². The zero-order chi connectivity index (χ0) is 18.5. The number of aromatic nitrogens is 3. The summed E-state index contributed by atoms with van der Waals surface area (Å²) in [6.07, 6.45) is 4.55. The van der Waals surface area contributed by atoms with Gasteiger partial charge in [0.05, 0.1) is 5.69 Å². The topological polar surface area (TPSA) is 62.7 Å². The van der Waals surface area contributed by atoms with Crippen LogP contribution in [0.2, 0.25) is 0 Å². The van der Waals surface area contributed by atoms with Gasteiger partial charge in [-0.3, -0.25) is 4.98 Å². The van der Waals surface area contributed by atoms with Gasteiger partial charge in [0.2, 0.25) is 5.95 Å². The first-order valence-corrected chi connectivity index (χ1v) is 8.95. The Labute approximate surface area is 154 Å². The van der Waals surface area contributed by atoms with E-state index in [1.807, 2.05) is 18.2 Å². The average Bonchev–Trinajstić information content (AvgIpc) is 2.61. The lowest BCUT2D eigenvalue weighted by molar-refractivity contribution is 0.753. The summed E-state index contributed by atoms with van der Waals surface area (Å²) in [6.45, 7) is 8.45. The van der Waals surface area contributed by atoms with Gasteiger partial charge in [0, 0.05) is 35.8 Å². The Hall–Kier alpha value is -2.95. The summed E-state index contributed by atoms with van der Waals surface area (Å²) < 4.78 is 0. The van der Waals surface area contributed by atoms with Gasteiger partial charge in [-0.15, -0.1) is 0 Å². The van der Waals surface area contributed by atoms with Crippen molar-refractivity contribution in [1.82, 2.24) is 15.0 Å². The molecule has 0 saturated carbocycles. The number of rotatable bonds is 6. The monoisotopic (exact) mass is 347 g/mol. The van der Waals surface area contributed by atoms with Crippen LogP contribution in [-0.2, 0) is 0 Å². The molecule has 5 heteroatoms. The van der Waals surface area contributed by atoms with Crippen LogP contribution in [0.15, 0.2) is 48.8 Å². The fourth-order valence-electron chi connectivity index (χ4n) is 2.76. The molecule has 0 bridgehead atoms. The van der Waals surface area contributed by atoms with Crippen molar-refractivity contribution in [3.63, 3.8) is 0 Å². The van der Waals surface area contributed by atoms with E-state index in [9.17, 15) is 0 Å². The highest BCUT2D eigenvalue weighted by Gasteiger charge is 2.09. The van der Waals surface area contributed by atoms with Crippen molar-refractivity contribution >= 4 is 17.5 Å². The third-order valence-corrected chi connectivity index (χ3v) is 4.18. The molecule has 0 amide bonds. The van der Waals surface area contributed by atoms with Crippen LogP contribution in [0.3, 0.4) is 0 Å². The molecule has 3 rings (SSSR count). The summed E-state index contributed by atoms with van der Waals surface area (Å²) in [5.74, 6) is 1.39. The minimum Gasteiger partial charge on any atom is -0.352 e. The molecule has 1 atom stereocenters. The van der Waals surface area contributed by atoms with Gasteiger partial charge in [0.25, 0.3) is 0 Å². The van der Waals surface area contributed by atoms with Gasteiger partial charge >= 0.3 is 0 Å². The highest BCUT2D eigenvalue weighted by Crippen LogP contribution is 2.24. The summed E-state index contributed by atoms with van der Waals surface area (Å²) in [4.78, 5) is 13.4. The van der Waals surface area contributed by atoms with Gasteiger partial charge in [-0.05, 0) is 62.6 Å². The lowest BCUT2D eigenvalue weighted by Crippen LogP contribution is -2.16. The third-order valence-electron chi connectivity index (χ3n) is 4.18. The standard InChI is InChI=1S/C21H25N5/c1-5-16(4)23-21-25-19(17-6-8-22-9-7-17)13-20(26-21)24-18-11-14(2)10-15(3)12-18/h6-13,16H,5H2,1-4H3,(H2,23,24,25,26)/t16-/m1/s1. The summed E-state index contributed by atoms with van der Waals surface area (Å²) in [5.41, 5.74) is 5.33. The number of nitrogens with zero attached hydrogens (tertiary/aromatic N) is 3. The molecule has 2 heterocycles. The molecule has 2 aromatic heterocycles. The average molecular weight is 347 g/mol. The van der Waals surface area contributed by atoms with Crippen molar-refractivity contribution < 1.29 is 0 Å². The highest BCUT2D eigenvalue weighted by molar-refractivity contribution is 5.67. The van der Waals surface area contributed by atoms with Gasteiger partial charge in [0.1, 0.15) is 5.82 Å². The van der Waals surface area contributed by atoms with E-state index in [1.165, 1.54) is 11.1 Å². The van der Waals surface area contributed by atoms with Crippen molar-refractivity contribution in [3.05, 3.63) is 59.9 Å². The van der Waals surface area contributed by atoms with Crippen LogP contribution in [0.5, 0.6) is 0 Å². The predicted octanol–water partition coefficient (Wildman–Crippen LogP) is 5.11. The van der Waals surface area contributed by atoms with Crippen LogP contribution >= 0.6 is 0 Å². The molecule has 0 unspecified atom stereocenters. The molecule has 0 saturated heterocycles. The molecule has 2 N–H and O–H groups in total. The first-order valence-electron chi connectivity index (χ1n) is 8.95. The Morgan fingerprint density at radius 2 is 1.65 bits per heavy atom. The van der Waals surface area contributed by atoms with Crippen LogP contribution < -0.4 is 10.6 Å². The maximum atomic E-state index is 4.68. The van der Waals surface area contributed by atoms with Crippen molar-refractivity contribution in [2.75, 3.05) is 10.6 Å². The largest absolute Gasteiger partial charge is 0.352 e. The van der Waals surface area contributed by atoms with E-state index < -0.39 is 0 Å². The smallest absolute Gasteiger partial charge is 0.225 e. The molecule has 1 aromatic carbocycles. The first-order chi connectivity index (χ1) is 12.5. The predicted molar refractivity (Wildman–Crippen MR) is 108 cm³/mol. The second-order valence-electron chi connectivity index (χ2n) is 6.65. The second kappa shape index (κ2) is 7.95. The number of aryl methyl sites for hydroxylation is 2. The van der Waals surface area contributed by atoms with Gasteiger partial charge < -0.3 is 10.6 Å². The van der Waals surface area contributed by atoms with E-state index in [0.717, 1.165) is 29.2 Å². The first kappa shape index (κ1) is 17.9. The number of hydrogen-bond donors (Lipinski definition) is 2. The van der Waals surface area contributed by atoms with Crippen molar-refractivity contribution in [2.24, 2.45) is 0 Å². The Morgan fingerprint density at radius 3 is 2.31 bits per heavy atom. The SMILES string of the molecule is CC[C@@H](C)Nc1nc(Nc2cc(C)cc(C)c2)cc(-c2ccncc2)n1. The molecule has 5 nitrogen and oxygen atoms in total. The number of pyridine rings is 1. The summed E-state index contributed by atoms with van der Waals surface area (Å²) in [7, 11) is 0. The molecule has 0 aliphatic heterocycles. The second-order valence-corrected chi connectivity index (χ2v) is 6.65. The van der Waals surface area contributed by atoms with Crippen LogP contribution in [0.25, 0.3) is 11.3 Å². The normalized spacial score (nSPS) is 11.8. The zero-order valence-corrected chi connectivity index (χ0v) is 15.7. The lowest BCUT2D eigenvalue weighted by atomic mass is 10.1. The van der Waals surface area contributed by atoms with Crippen molar-refractivity contribution in [2.45, 2.75) is 40.2 Å². The molecular weight excluding hydrogens is 322 g/mol. The van der Waals surface area contributed by atoms with Crippen LogP contribution in [0, 0.1) is 13.8 Å². The minimum atomic E-state index is 0.303. The fourth-order valence-corrected chi connectivity index (χ4v) is 2.76. The highest BCUT2D eigenvalue weighted by atomic mass is 15.2. The van der Waals surface area contributed by atoms with Gasteiger partial charge in [-0.2, -0.15) is 4.98 Å². The number of nitrogens with one attached hydrogen (secondary N) is 2.